The third-order valence-electron chi connectivity index (χ3n) is 4.35. The SMILES string of the molecule is Cc1cnc(Nc2ccnn2C)nc1-c1coc(C(=O)NCc2cc(F)cc(Br)c2)n1. The molecule has 0 spiro atoms. The minimum absolute atomic E-state index is 0.121. The predicted molar refractivity (Wildman–Crippen MR) is 114 cm³/mol. The van der Waals surface area contributed by atoms with Gasteiger partial charge in [0.1, 0.15) is 29.3 Å². The van der Waals surface area contributed by atoms with Crippen molar-refractivity contribution in [3.05, 3.63) is 70.2 Å². The molecule has 9 nitrogen and oxygen atoms in total. The van der Waals surface area contributed by atoms with E-state index in [0.29, 0.717) is 27.4 Å². The van der Waals surface area contributed by atoms with Gasteiger partial charge >= 0.3 is 5.91 Å². The van der Waals surface area contributed by atoms with Crippen LogP contribution in [-0.4, -0.2) is 30.6 Å². The molecule has 4 rings (SSSR count). The first-order valence-corrected chi connectivity index (χ1v) is 9.96. The second kappa shape index (κ2) is 8.64. The summed E-state index contributed by atoms with van der Waals surface area (Å²) in [6, 6.07) is 6.18. The van der Waals surface area contributed by atoms with E-state index in [1.54, 1.807) is 36.3 Å². The Labute approximate surface area is 184 Å². The maximum atomic E-state index is 13.5. The van der Waals surface area contributed by atoms with E-state index in [-0.39, 0.29) is 12.4 Å². The first-order valence-electron chi connectivity index (χ1n) is 9.17. The van der Waals surface area contributed by atoms with Crippen molar-refractivity contribution in [1.82, 2.24) is 30.0 Å². The summed E-state index contributed by atoms with van der Waals surface area (Å²) in [5, 5.41) is 9.82. The molecule has 0 atom stereocenters. The van der Waals surface area contributed by atoms with E-state index in [2.05, 4.69) is 46.6 Å². The molecule has 11 heteroatoms. The third-order valence-corrected chi connectivity index (χ3v) is 4.81. The van der Waals surface area contributed by atoms with Crippen molar-refractivity contribution in [2.75, 3.05) is 5.32 Å². The molecule has 158 valence electrons. The number of hydrogen-bond donors (Lipinski definition) is 2. The van der Waals surface area contributed by atoms with Crippen LogP contribution in [0.25, 0.3) is 11.4 Å². The van der Waals surface area contributed by atoms with Crippen molar-refractivity contribution >= 4 is 33.6 Å². The number of anilines is 2. The second-order valence-electron chi connectivity index (χ2n) is 6.69. The summed E-state index contributed by atoms with van der Waals surface area (Å²) in [5.41, 5.74) is 2.29. The molecule has 0 saturated carbocycles. The molecule has 0 aliphatic rings. The molecular formula is C20H17BrFN7O2. The van der Waals surface area contributed by atoms with Crippen LogP contribution in [0, 0.1) is 12.7 Å². The quantitative estimate of drug-likeness (QED) is 0.427. The van der Waals surface area contributed by atoms with Crippen molar-refractivity contribution < 1.29 is 13.6 Å². The van der Waals surface area contributed by atoms with Gasteiger partial charge < -0.3 is 15.1 Å². The average Bonchev–Trinajstić information content (AvgIpc) is 3.36. The number of hydrogen-bond acceptors (Lipinski definition) is 7. The molecule has 1 amide bonds. The van der Waals surface area contributed by atoms with Crippen LogP contribution in [0.3, 0.4) is 0 Å². The second-order valence-corrected chi connectivity index (χ2v) is 7.60. The fourth-order valence-corrected chi connectivity index (χ4v) is 3.34. The monoisotopic (exact) mass is 485 g/mol. The Bertz CT molecular complexity index is 1230. The molecule has 4 aromatic rings. The molecule has 0 unspecified atom stereocenters. The van der Waals surface area contributed by atoms with Gasteiger partial charge in [-0.2, -0.15) is 5.10 Å². The highest BCUT2D eigenvalue weighted by molar-refractivity contribution is 9.10. The van der Waals surface area contributed by atoms with Crippen LogP contribution in [0.4, 0.5) is 16.2 Å². The number of carbonyl (C=O) groups is 1. The fourth-order valence-electron chi connectivity index (χ4n) is 2.83. The normalized spacial score (nSPS) is 10.8. The first kappa shape index (κ1) is 20.7. The van der Waals surface area contributed by atoms with Crippen LogP contribution in [0.2, 0.25) is 0 Å². The van der Waals surface area contributed by atoms with Gasteiger partial charge in [-0.15, -0.1) is 0 Å². The molecular weight excluding hydrogens is 469 g/mol. The Morgan fingerprint density at radius 3 is 2.87 bits per heavy atom. The van der Waals surface area contributed by atoms with Crippen molar-refractivity contribution in [3.63, 3.8) is 0 Å². The van der Waals surface area contributed by atoms with Crippen LogP contribution in [0.5, 0.6) is 0 Å². The minimum atomic E-state index is -0.522. The Morgan fingerprint density at radius 1 is 1.29 bits per heavy atom. The van der Waals surface area contributed by atoms with Crippen LogP contribution >= 0.6 is 15.9 Å². The lowest BCUT2D eigenvalue weighted by Crippen LogP contribution is -2.23. The highest BCUT2D eigenvalue weighted by Crippen LogP contribution is 2.22. The number of halogens is 2. The lowest BCUT2D eigenvalue weighted by Gasteiger charge is -2.07. The minimum Gasteiger partial charge on any atom is -0.440 e. The molecule has 3 aromatic heterocycles. The summed E-state index contributed by atoms with van der Waals surface area (Å²) in [6.45, 7) is 1.96. The molecule has 0 bridgehead atoms. The van der Waals surface area contributed by atoms with Gasteiger partial charge in [0.2, 0.25) is 5.95 Å². The molecule has 0 saturated heterocycles. The maximum absolute atomic E-state index is 13.5. The molecule has 31 heavy (non-hydrogen) atoms. The number of aromatic nitrogens is 5. The zero-order chi connectivity index (χ0) is 22.0. The number of nitrogens with one attached hydrogen (secondary N) is 2. The molecule has 0 aliphatic carbocycles. The standard InChI is InChI=1S/C20H17BrFN7O2/c1-11-8-24-20(27-16-3-4-25-29(16)2)28-17(11)15-10-31-19(26-15)18(30)23-9-12-5-13(21)7-14(22)6-12/h3-8,10H,9H2,1-2H3,(H,23,30)(H,24,27,28). The van der Waals surface area contributed by atoms with E-state index in [9.17, 15) is 9.18 Å². The van der Waals surface area contributed by atoms with E-state index in [1.165, 1.54) is 18.4 Å². The van der Waals surface area contributed by atoms with Crippen molar-refractivity contribution in [2.24, 2.45) is 7.05 Å². The van der Waals surface area contributed by atoms with Gasteiger partial charge in [-0.05, 0) is 36.2 Å². The Balaban J connectivity index is 1.49. The van der Waals surface area contributed by atoms with Gasteiger partial charge in [-0.1, -0.05) is 15.9 Å². The van der Waals surface area contributed by atoms with Gasteiger partial charge in [0.25, 0.3) is 5.89 Å². The number of nitrogens with zero attached hydrogens (tertiary/aromatic N) is 5. The first-order chi connectivity index (χ1) is 14.9. The molecule has 3 heterocycles. The van der Waals surface area contributed by atoms with Crippen molar-refractivity contribution in [1.29, 1.82) is 0 Å². The van der Waals surface area contributed by atoms with Gasteiger partial charge in [0.15, 0.2) is 0 Å². The predicted octanol–water partition coefficient (Wildman–Crippen LogP) is 3.75. The van der Waals surface area contributed by atoms with Crippen molar-refractivity contribution in [2.45, 2.75) is 13.5 Å². The number of benzene rings is 1. The number of rotatable bonds is 6. The summed E-state index contributed by atoms with van der Waals surface area (Å²) >= 11 is 3.22. The Morgan fingerprint density at radius 2 is 2.13 bits per heavy atom. The highest BCUT2D eigenvalue weighted by Gasteiger charge is 2.17. The Hall–Kier alpha value is -3.60. The summed E-state index contributed by atoms with van der Waals surface area (Å²) in [6.07, 6.45) is 4.66. The van der Waals surface area contributed by atoms with Crippen LogP contribution in [0.1, 0.15) is 21.8 Å². The summed E-state index contributed by atoms with van der Waals surface area (Å²) < 4.78 is 21.1. The molecule has 0 fully saturated rings. The van der Waals surface area contributed by atoms with Gasteiger partial charge in [0.05, 0.1) is 6.20 Å². The summed E-state index contributed by atoms with van der Waals surface area (Å²) in [5.74, 6) is 0.0388. The zero-order valence-electron chi connectivity index (χ0n) is 16.6. The average molecular weight is 486 g/mol. The van der Waals surface area contributed by atoms with E-state index < -0.39 is 11.7 Å². The van der Waals surface area contributed by atoms with Crippen LogP contribution < -0.4 is 10.6 Å². The zero-order valence-corrected chi connectivity index (χ0v) is 18.1. The lowest BCUT2D eigenvalue weighted by atomic mass is 10.2. The molecule has 0 radical (unpaired) electrons. The summed E-state index contributed by atoms with van der Waals surface area (Å²) in [4.78, 5) is 25.4. The van der Waals surface area contributed by atoms with E-state index in [1.807, 2.05) is 6.92 Å². The van der Waals surface area contributed by atoms with Crippen LogP contribution in [-0.2, 0) is 13.6 Å². The molecule has 0 aliphatic heterocycles. The van der Waals surface area contributed by atoms with Crippen LogP contribution in [0.15, 0.2) is 51.8 Å². The highest BCUT2D eigenvalue weighted by atomic mass is 79.9. The molecule has 2 N–H and O–H groups in total. The number of aryl methyl sites for hydroxylation is 2. The summed E-state index contributed by atoms with van der Waals surface area (Å²) in [7, 11) is 1.79. The van der Waals surface area contributed by atoms with Crippen molar-refractivity contribution in [3.8, 4) is 11.4 Å². The maximum Gasteiger partial charge on any atom is 0.307 e. The van der Waals surface area contributed by atoms with Gasteiger partial charge in [-0.25, -0.2) is 19.3 Å². The largest absolute Gasteiger partial charge is 0.440 e. The third kappa shape index (κ3) is 4.77. The Kier molecular flexibility index (Phi) is 5.76. The van der Waals surface area contributed by atoms with Gasteiger partial charge in [-0.3, -0.25) is 9.48 Å². The lowest BCUT2D eigenvalue weighted by molar-refractivity contribution is 0.0916. The van der Waals surface area contributed by atoms with Gasteiger partial charge in [0, 0.05) is 30.3 Å². The number of oxazole rings is 1. The topological polar surface area (TPSA) is 111 Å². The number of amides is 1. The van der Waals surface area contributed by atoms with E-state index >= 15 is 0 Å². The fraction of sp³-hybridized carbons (Fsp3) is 0.150. The smallest absolute Gasteiger partial charge is 0.307 e. The number of carbonyl (C=O) groups excluding carboxylic acids is 1. The van der Waals surface area contributed by atoms with E-state index in [0.717, 1.165) is 11.4 Å². The molecule has 1 aromatic carbocycles. The van der Waals surface area contributed by atoms with E-state index in [4.69, 9.17) is 4.42 Å².